The van der Waals surface area contributed by atoms with Gasteiger partial charge >= 0.3 is 0 Å². The molecule has 0 unspecified atom stereocenters. The molecule has 0 aromatic rings. The molecule has 0 amide bonds. The van der Waals surface area contributed by atoms with Crippen molar-refractivity contribution in [3.05, 3.63) is 0 Å². The first kappa shape index (κ1) is 8.67. The Hall–Kier alpha value is -0.330. The van der Waals surface area contributed by atoms with Crippen molar-refractivity contribution in [3.63, 3.8) is 0 Å². The zero-order chi connectivity index (χ0) is 7.33. The molecule has 0 aliphatic heterocycles. The zero-order valence-corrected chi connectivity index (χ0v) is 6.70. The van der Waals surface area contributed by atoms with E-state index in [4.69, 9.17) is 5.41 Å². The summed E-state index contributed by atoms with van der Waals surface area (Å²) in [6.45, 7) is 6.61. The summed E-state index contributed by atoms with van der Waals surface area (Å²) >= 11 is 0. The SMILES string of the molecule is CCC(C)(CC)CC=N. The Morgan fingerprint density at radius 1 is 1.33 bits per heavy atom. The summed E-state index contributed by atoms with van der Waals surface area (Å²) in [5, 5.41) is 6.94. The van der Waals surface area contributed by atoms with Crippen LogP contribution in [0.25, 0.3) is 0 Å². The van der Waals surface area contributed by atoms with Gasteiger partial charge in [0.05, 0.1) is 0 Å². The Morgan fingerprint density at radius 2 is 1.78 bits per heavy atom. The first-order chi connectivity index (χ1) is 4.18. The molecule has 0 aliphatic rings. The van der Waals surface area contributed by atoms with E-state index in [1.807, 2.05) is 0 Å². The molecule has 1 N–H and O–H groups in total. The Kier molecular flexibility index (Phi) is 3.52. The molecule has 0 aliphatic carbocycles. The summed E-state index contributed by atoms with van der Waals surface area (Å²) in [7, 11) is 0. The maximum Gasteiger partial charge on any atom is -0.00423 e. The average molecular weight is 127 g/mol. The zero-order valence-electron chi connectivity index (χ0n) is 6.70. The average Bonchev–Trinajstić information content (AvgIpc) is 1.89. The van der Waals surface area contributed by atoms with Crippen LogP contribution in [0.5, 0.6) is 0 Å². The first-order valence-electron chi connectivity index (χ1n) is 3.67. The maximum atomic E-state index is 6.94. The lowest BCUT2D eigenvalue weighted by Gasteiger charge is -2.23. The summed E-state index contributed by atoms with van der Waals surface area (Å²) < 4.78 is 0. The molecule has 0 rings (SSSR count). The van der Waals surface area contributed by atoms with Gasteiger partial charge in [0.1, 0.15) is 0 Å². The van der Waals surface area contributed by atoms with E-state index < -0.39 is 0 Å². The first-order valence-corrected chi connectivity index (χ1v) is 3.67. The molecule has 1 nitrogen and oxygen atoms in total. The highest BCUT2D eigenvalue weighted by molar-refractivity contribution is 5.53. The molecule has 9 heavy (non-hydrogen) atoms. The van der Waals surface area contributed by atoms with Crippen LogP contribution in [0.3, 0.4) is 0 Å². The Bertz CT molecular complexity index is 82.6. The van der Waals surface area contributed by atoms with Crippen LogP contribution in [-0.2, 0) is 0 Å². The van der Waals surface area contributed by atoms with Gasteiger partial charge in [-0.1, -0.05) is 33.6 Å². The number of hydrogen-bond acceptors (Lipinski definition) is 1. The summed E-state index contributed by atoms with van der Waals surface area (Å²) in [6, 6.07) is 0. The van der Waals surface area contributed by atoms with Crippen molar-refractivity contribution in [2.45, 2.75) is 40.0 Å². The van der Waals surface area contributed by atoms with Gasteiger partial charge in [-0.25, -0.2) is 0 Å². The van der Waals surface area contributed by atoms with Crippen LogP contribution in [0.2, 0.25) is 0 Å². The largest absolute Gasteiger partial charge is 0.313 e. The predicted octanol–water partition coefficient (Wildman–Crippen LogP) is 2.85. The standard InChI is InChI=1S/C8H17N/c1-4-8(3,5-2)6-7-9/h7,9H,4-6H2,1-3H3. The van der Waals surface area contributed by atoms with Crippen molar-refractivity contribution in [2.24, 2.45) is 5.41 Å². The molecule has 0 spiro atoms. The minimum absolute atomic E-state index is 0.391. The van der Waals surface area contributed by atoms with Crippen molar-refractivity contribution in [1.29, 1.82) is 5.41 Å². The molecule has 0 aromatic heterocycles. The highest BCUT2D eigenvalue weighted by atomic mass is 14.3. The topological polar surface area (TPSA) is 23.9 Å². The van der Waals surface area contributed by atoms with Gasteiger partial charge in [0.25, 0.3) is 0 Å². The van der Waals surface area contributed by atoms with Crippen molar-refractivity contribution in [1.82, 2.24) is 0 Å². The molecule has 1 heteroatoms. The van der Waals surface area contributed by atoms with Crippen LogP contribution >= 0.6 is 0 Å². The third-order valence-electron chi connectivity index (χ3n) is 2.30. The molecule has 54 valence electrons. The predicted molar refractivity (Wildman–Crippen MR) is 42.1 cm³/mol. The fraction of sp³-hybridized carbons (Fsp3) is 0.875. The van der Waals surface area contributed by atoms with Crippen LogP contribution < -0.4 is 0 Å². The third kappa shape index (κ3) is 2.64. The van der Waals surface area contributed by atoms with Gasteiger partial charge in [0.2, 0.25) is 0 Å². The summed E-state index contributed by atoms with van der Waals surface area (Å²) in [5.74, 6) is 0. The van der Waals surface area contributed by atoms with Crippen LogP contribution in [0.4, 0.5) is 0 Å². The summed E-state index contributed by atoms with van der Waals surface area (Å²) in [6.07, 6.45) is 4.81. The third-order valence-corrected chi connectivity index (χ3v) is 2.30. The van der Waals surface area contributed by atoms with Gasteiger partial charge in [-0.05, 0) is 18.1 Å². The van der Waals surface area contributed by atoms with Gasteiger partial charge in [-0.2, -0.15) is 0 Å². The lowest BCUT2D eigenvalue weighted by Crippen LogP contribution is -2.13. The molecule has 0 heterocycles. The molecular weight excluding hydrogens is 110 g/mol. The number of hydrogen-bond donors (Lipinski definition) is 1. The van der Waals surface area contributed by atoms with Crippen LogP contribution in [-0.4, -0.2) is 6.21 Å². The molecule has 0 saturated heterocycles. The molecule has 0 radical (unpaired) electrons. The normalized spacial score (nSPS) is 11.4. The van der Waals surface area contributed by atoms with Gasteiger partial charge < -0.3 is 5.41 Å². The highest BCUT2D eigenvalue weighted by Gasteiger charge is 2.16. The lowest BCUT2D eigenvalue weighted by molar-refractivity contribution is 0.314. The molecule has 0 bridgehead atoms. The maximum absolute atomic E-state index is 6.94. The minimum Gasteiger partial charge on any atom is -0.313 e. The fourth-order valence-electron chi connectivity index (χ4n) is 0.785. The van der Waals surface area contributed by atoms with Gasteiger partial charge in [0.15, 0.2) is 0 Å². The fourth-order valence-corrected chi connectivity index (χ4v) is 0.785. The Morgan fingerprint density at radius 3 is 1.89 bits per heavy atom. The van der Waals surface area contributed by atoms with Gasteiger partial charge in [-0.15, -0.1) is 0 Å². The van der Waals surface area contributed by atoms with E-state index in [2.05, 4.69) is 20.8 Å². The van der Waals surface area contributed by atoms with E-state index in [1.165, 1.54) is 19.1 Å². The van der Waals surface area contributed by atoms with E-state index in [-0.39, 0.29) is 0 Å². The summed E-state index contributed by atoms with van der Waals surface area (Å²) in [5.41, 5.74) is 0.391. The van der Waals surface area contributed by atoms with E-state index in [1.54, 1.807) is 0 Å². The molecule has 0 atom stereocenters. The second-order valence-corrected chi connectivity index (χ2v) is 2.93. The van der Waals surface area contributed by atoms with Crippen LogP contribution in [0, 0.1) is 10.8 Å². The number of rotatable bonds is 4. The molecular formula is C8H17N. The monoisotopic (exact) mass is 127 g/mol. The Labute approximate surface area is 58.0 Å². The van der Waals surface area contributed by atoms with Crippen molar-refractivity contribution in [2.75, 3.05) is 0 Å². The second kappa shape index (κ2) is 3.65. The van der Waals surface area contributed by atoms with E-state index >= 15 is 0 Å². The van der Waals surface area contributed by atoms with Crippen molar-refractivity contribution >= 4 is 6.21 Å². The molecule has 0 aromatic carbocycles. The van der Waals surface area contributed by atoms with E-state index in [9.17, 15) is 0 Å². The molecule has 0 saturated carbocycles. The van der Waals surface area contributed by atoms with Crippen molar-refractivity contribution < 1.29 is 0 Å². The second-order valence-electron chi connectivity index (χ2n) is 2.93. The quantitative estimate of drug-likeness (QED) is 0.561. The highest BCUT2D eigenvalue weighted by Crippen LogP contribution is 2.27. The number of nitrogens with one attached hydrogen (secondary N) is 1. The van der Waals surface area contributed by atoms with Crippen LogP contribution in [0.15, 0.2) is 0 Å². The van der Waals surface area contributed by atoms with E-state index in [0.717, 1.165) is 6.42 Å². The van der Waals surface area contributed by atoms with Crippen LogP contribution in [0.1, 0.15) is 40.0 Å². The minimum atomic E-state index is 0.391. The smallest absolute Gasteiger partial charge is 0.00423 e. The van der Waals surface area contributed by atoms with Gasteiger partial charge in [-0.3, -0.25) is 0 Å². The lowest BCUT2D eigenvalue weighted by atomic mass is 9.82. The van der Waals surface area contributed by atoms with Crippen molar-refractivity contribution in [3.8, 4) is 0 Å². The summed E-state index contributed by atoms with van der Waals surface area (Å²) in [4.78, 5) is 0. The van der Waals surface area contributed by atoms with Gasteiger partial charge in [0, 0.05) is 0 Å². The van der Waals surface area contributed by atoms with E-state index in [0.29, 0.717) is 5.41 Å². The Balaban J connectivity index is 3.75. The molecule has 0 fully saturated rings.